The smallest absolute Gasteiger partial charge is 0.163 e. The molecule has 0 fully saturated rings. The van der Waals surface area contributed by atoms with Crippen molar-refractivity contribution in [3.63, 3.8) is 0 Å². The van der Waals surface area contributed by atoms with Gasteiger partial charge in [-0.3, -0.25) is 0 Å². The van der Waals surface area contributed by atoms with Crippen LogP contribution in [0, 0.1) is 11.3 Å². The molecule has 1 N–H and O–H groups in total. The van der Waals surface area contributed by atoms with Crippen molar-refractivity contribution in [3.8, 4) is 17.6 Å². The standard InChI is InChI=1S/C15H11BrN2O2/c16-12-2-1-3-13(11(12)9-17)18-10-4-5-14-15(8-10)20-7-6-19-14/h1-5,8,18H,6-7H2. The molecule has 0 aliphatic carbocycles. The molecule has 3 rings (SSSR count). The second kappa shape index (κ2) is 5.43. The summed E-state index contributed by atoms with van der Waals surface area (Å²) in [5.41, 5.74) is 2.17. The number of benzene rings is 2. The molecule has 1 heterocycles. The van der Waals surface area contributed by atoms with Gasteiger partial charge in [0, 0.05) is 16.2 Å². The van der Waals surface area contributed by atoms with Crippen LogP contribution in [0.1, 0.15) is 5.56 Å². The van der Waals surface area contributed by atoms with Crippen molar-refractivity contribution in [1.29, 1.82) is 5.26 Å². The number of fused-ring (bicyclic) bond motifs is 1. The van der Waals surface area contributed by atoms with Crippen molar-refractivity contribution in [2.75, 3.05) is 18.5 Å². The molecule has 0 saturated carbocycles. The van der Waals surface area contributed by atoms with Gasteiger partial charge in [-0.2, -0.15) is 5.26 Å². The van der Waals surface area contributed by atoms with Crippen LogP contribution in [0.5, 0.6) is 11.5 Å². The Kier molecular flexibility index (Phi) is 3.48. The highest BCUT2D eigenvalue weighted by Gasteiger charge is 2.12. The first-order valence-corrected chi connectivity index (χ1v) is 6.92. The Hall–Kier alpha value is -2.19. The molecule has 5 heteroatoms. The summed E-state index contributed by atoms with van der Waals surface area (Å²) >= 11 is 3.37. The Morgan fingerprint density at radius 1 is 1.10 bits per heavy atom. The first kappa shape index (κ1) is 12.8. The summed E-state index contributed by atoms with van der Waals surface area (Å²) in [5, 5.41) is 12.4. The summed E-state index contributed by atoms with van der Waals surface area (Å²) in [5.74, 6) is 1.46. The molecule has 0 bridgehead atoms. The fourth-order valence-corrected chi connectivity index (χ4v) is 2.47. The van der Waals surface area contributed by atoms with Crippen LogP contribution in [0.3, 0.4) is 0 Å². The Bertz CT molecular complexity index is 695. The van der Waals surface area contributed by atoms with Crippen molar-refractivity contribution < 1.29 is 9.47 Å². The number of anilines is 2. The number of nitrogens with zero attached hydrogens (tertiary/aromatic N) is 1. The van der Waals surface area contributed by atoms with Crippen molar-refractivity contribution in [2.24, 2.45) is 0 Å². The van der Waals surface area contributed by atoms with Crippen LogP contribution in [-0.4, -0.2) is 13.2 Å². The topological polar surface area (TPSA) is 54.3 Å². The predicted molar refractivity (Wildman–Crippen MR) is 79.6 cm³/mol. The molecule has 100 valence electrons. The first-order chi connectivity index (χ1) is 9.78. The van der Waals surface area contributed by atoms with E-state index in [0.717, 1.165) is 27.3 Å². The van der Waals surface area contributed by atoms with Crippen LogP contribution in [-0.2, 0) is 0 Å². The van der Waals surface area contributed by atoms with Crippen molar-refractivity contribution >= 4 is 27.3 Å². The number of ether oxygens (including phenoxy) is 2. The van der Waals surface area contributed by atoms with Crippen LogP contribution >= 0.6 is 15.9 Å². The molecule has 2 aromatic rings. The Labute approximate surface area is 125 Å². The van der Waals surface area contributed by atoms with Gasteiger partial charge in [0.05, 0.1) is 11.3 Å². The summed E-state index contributed by atoms with van der Waals surface area (Å²) in [6.07, 6.45) is 0. The van der Waals surface area contributed by atoms with E-state index in [1.54, 1.807) is 0 Å². The lowest BCUT2D eigenvalue weighted by Gasteiger charge is -2.19. The Morgan fingerprint density at radius 2 is 1.90 bits per heavy atom. The highest BCUT2D eigenvalue weighted by molar-refractivity contribution is 9.10. The van der Waals surface area contributed by atoms with Crippen molar-refractivity contribution in [3.05, 3.63) is 46.4 Å². The van der Waals surface area contributed by atoms with Crippen molar-refractivity contribution in [1.82, 2.24) is 0 Å². The molecule has 0 radical (unpaired) electrons. The molecule has 0 unspecified atom stereocenters. The van der Waals surface area contributed by atoms with Crippen LogP contribution in [0.15, 0.2) is 40.9 Å². The summed E-state index contributed by atoms with van der Waals surface area (Å²) in [6, 6.07) is 13.4. The van der Waals surface area contributed by atoms with Gasteiger partial charge >= 0.3 is 0 Å². The molecule has 0 saturated heterocycles. The third-order valence-electron chi connectivity index (χ3n) is 2.95. The third kappa shape index (κ3) is 2.43. The van der Waals surface area contributed by atoms with E-state index in [0.29, 0.717) is 18.8 Å². The van der Waals surface area contributed by atoms with E-state index in [1.807, 2.05) is 36.4 Å². The van der Waals surface area contributed by atoms with E-state index < -0.39 is 0 Å². The van der Waals surface area contributed by atoms with Crippen LogP contribution in [0.4, 0.5) is 11.4 Å². The fraction of sp³-hybridized carbons (Fsp3) is 0.133. The van der Waals surface area contributed by atoms with Crippen LogP contribution in [0.25, 0.3) is 0 Å². The van der Waals surface area contributed by atoms with Gasteiger partial charge in [0.1, 0.15) is 19.3 Å². The summed E-state index contributed by atoms with van der Waals surface area (Å²) in [4.78, 5) is 0. The second-order valence-electron chi connectivity index (χ2n) is 4.26. The van der Waals surface area contributed by atoms with Gasteiger partial charge in [-0.15, -0.1) is 0 Å². The molecule has 1 aliphatic heterocycles. The Balaban J connectivity index is 1.92. The highest BCUT2D eigenvalue weighted by Crippen LogP contribution is 2.34. The monoisotopic (exact) mass is 330 g/mol. The predicted octanol–water partition coefficient (Wildman–Crippen LogP) is 3.84. The van der Waals surface area contributed by atoms with Gasteiger partial charge in [-0.1, -0.05) is 6.07 Å². The minimum Gasteiger partial charge on any atom is -0.486 e. The normalized spacial score (nSPS) is 12.6. The van der Waals surface area contributed by atoms with E-state index in [2.05, 4.69) is 27.3 Å². The number of hydrogen-bond acceptors (Lipinski definition) is 4. The lowest BCUT2D eigenvalue weighted by Crippen LogP contribution is -2.15. The van der Waals surface area contributed by atoms with Gasteiger partial charge in [-0.05, 0) is 40.2 Å². The maximum Gasteiger partial charge on any atom is 0.163 e. The largest absolute Gasteiger partial charge is 0.486 e. The molecule has 0 atom stereocenters. The summed E-state index contributed by atoms with van der Waals surface area (Å²) in [6.45, 7) is 1.13. The number of halogens is 1. The van der Waals surface area contributed by atoms with Gasteiger partial charge in [0.25, 0.3) is 0 Å². The Morgan fingerprint density at radius 3 is 2.70 bits per heavy atom. The van der Waals surface area contributed by atoms with Crippen molar-refractivity contribution in [2.45, 2.75) is 0 Å². The molecular formula is C15H11BrN2O2. The van der Waals surface area contributed by atoms with E-state index in [9.17, 15) is 5.26 Å². The van der Waals surface area contributed by atoms with E-state index in [4.69, 9.17) is 9.47 Å². The maximum absolute atomic E-state index is 9.20. The number of nitrogens with one attached hydrogen (secondary N) is 1. The van der Waals surface area contributed by atoms with Gasteiger partial charge in [-0.25, -0.2) is 0 Å². The zero-order valence-electron chi connectivity index (χ0n) is 10.5. The average Bonchev–Trinajstić information content (AvgIpc) is 2.47. The lowest BCUT2D eigenvalue weighted by atomic mass is 10.2. The SMILES string of the molecule is N#Cc1c(Br)cccc1Nc1ccc2c(c1)OCCO2. The molecule has 1 aliphatic rings. The second-order valence-corrected chi connectivity index (χ2v) is 5.11. The third-order valence-corrected chi connectivity index (χ3v) is 3.61. The number of nitriles is 1. The molecule has 20 heavy (non-hydrogen) atoms. The minimum atomic E-state index is 0.552. The van der Waals surface area contributed by atoms with E-state index >= 15 is 0 Å². The zero-order valence-corrected chi connectivity index (χ0v) is 12.1. The first-order valence-electron chi connectivity index (χ1n) is 6.13. The molecule has 0 amide bonds. The highest BCUT2D eigenvalue weighted by atomic mass is 79.9. The number of hydrogen-bond donors (Lipinski definition) is 1. The van der Waals surface area contributed by atoms with E-state index in [1.165, 1.54) is 0 Å². The molecule has 4 nitrogen and oxygen atoms in total. The quantitative estimate of drug-likeness (QED) is 0.909. The van der Waals surface area contributed by atoms with E-state index in [-0.39, 0.29) is 0 Å². The lowest BCUT2D eigenvalue weighted by molar-refractivity contribution is 0.171. The molecule has 0 spiro atoms. The number of rotatable bonds is 2. The molecular weight excluding hydrogens is 320 g/mol. The van der Waals surface area contributed by atoms with Crippen LogP contribution in [0.2, 0.25) is 0 Å². The van der Waals surface area contributed by atoms with Gasteiger partial charge in [0.15, 0.2) is 11.5 Å². The average molecular weight is 331 g/mol. The minimum absolute atomic E-state index is 0.552. The van der Waals surface area contributed by atoms with Gasteiger partial charge < -0.3 is 14.8 Å². The molecule has 0 aromatic heterocycles. The fourth-order valence-electron chi connectivity index (χ4n) is 2.02. The maximum atomic E-state index is 9.20. The van der Waals surface area contributed by atoms with Crippen LogP contribution < -0.4 is 14.8 Å². The van der Waals surface area contributed by atoms with Gasteiger partial charge in [0.2, 0.25) is 0 Å². The molecule has 2 aromatic carbocycles. The summed E-state index contributed by atoms with van der Waals surface area (Å²) in [7, 11) is 0. The zero-order chi connectivity index (χ0) is 13.9. The summed E-state index contributed by atoms with van der Waals surface area (Å²) < 4.78 is 11.8.